The Balaban J connectivity index is 2.28. The minimum Gasteiger partial charge on any atom is -0.383 e. The van der Waals surface area contributed by atoms with Gasteiger partial charge in [0.05, 0.1) is 12.0 Å². The van der Waals surface area contributed by atoms with E-state index in [2.05, 4.69) is 18.8 Å². The predicted molar refractivity (Wildman–Crippen MR) is 54.8 cm³/mol. The first kappa shape index (κ1) is 9.71. The highest BCUT2D eigenvalue weighted by Gasteiger charge is 2.41. The van der Waals surface area contributed by atoms with Crippen molar-refractivity contribution in [3.05, 3.63) is 18.2 Å². The van der Waals surface area contributed by atoms with Gasteiger partial charge in [-0.05, 0) is 32.1 Å². The number of imidazole rings is 1. The van der Waals surface area contributed by atoms with Crippen LogP contribution in [0.25, 0.3) is 0 Å². The number of nitrogens with zero attached hydrogens (tertiary/aromatic N) is 2. The lowest BCUT2D eigenvalue weighted by molar-refractivity contribution is 0.000584. The first-order chi connectivity index (χ1) is 6.66. The standard InChI is InChI=1S/C11H18N2O/c1-3-13-7-10(12-8-13)11(14)6-4-5-9(11)2/h7-9,14H,3-6H2,1-2H3. The van der Waals surface area contributed by atoms with E-state index >= 15 is 0 Å². The fraction of sp³-hybridized carbons (Fsp3) is 0.727. The molecule has 78 valence electrons. The highest BCUT2D eigenvalue weighted by Crippen LogP contribution is 2.42. The van der Waals surface area contributed by atoms with Crippen molar-refractivity contribution in [2.75, 3.05) is 0 Å². The average Bonchev–Trinajstić information content (AvgIpc) is 2.75. The summed E-state index contributed by atoms with van der Waals surface area (Å²) in [6.45, 7) is 5.10. The number of hydrogen-bond acceptors (Lipinski definition) is 2. The molecule has 0 aromatic carbocycles. The van der Waals surface area contributed by atoms with Crippen LogP contribution in [0, 0.1) is 5.92 Å². The van der Waals surface area contributed by atoms with Crippen molar-refractivity contribution in [1.82, 2.24) is 9.55 Å². The molecular formula is C11H18N2O. The van der Waals surface area contributed by atoms with Crippen molar-refractivity contribution < 1.29 is 5.11 Å². The van der Waals surface area contributed by atoms with Gasteiger partial charge in [0.25, 0.3) is 0 Å². The van der Waals surface area contributed by atoms with Crippen molar-refractivity contribution in [3.8, 4) is 0 Å². The van der Waals surface area contributed by atoms with E-state index in [0.29, 0.717) is 5.92 Å². The Bertz CT molecular complexity index is 321. The first-order valence-electron chi connectivity index (χ1n) is 5.41. The molecule has 0 bridgehead atoms. The summed E-state index contributed by atoms with van der Waals surface area (Å²) in [5, 5.41) is 10.5. The second-order valence-corrected chi connectivity index (χ2v) is 4.31. The number of aryl methyl sites for hydroxylation is 1. The summed E-state index contributed by atoms with van der Waals surface area (Å²) < 4.78 is 2.01. The lowest BCUT2D eigenvalue weighted by atomic mass is 9.90. The van der Waals surface area contributed by atoms with Crippen molar-refractivity contribution in [2.45, 2.75) is 45.3 Å². The third-order valence-electron chi connectivity index (χ3n) is 3.45. The maximum absolute atomic E-state index is 10.5. The quantitative estimate of drug-likeness (QED) is 0.781. The van der Waals surface area contributed by atoms with E-state index in [0.717, 1.165) is 31.5 Å². The molecule has 3 heteroatoms. The topological polar surface area (TPSA) is 38.0 Å². The zero-order valence-electron chi connectivity index (χ0n) is 8.90. The SMILES string of the molecule is CCn1cnc(C2(O)CCCC2C)c1. The van der Waals surface area contributed by atoms with Gasteiger partial charge in [-0.3, -0.25) is 0 Å². The second-order valence-electron chi connectivity index (χ2n) is 4.31. The van der Waals surface area contributed by atoms with Gasteiger partial charge in [-0.1, -0.05) is 6.92 Å². The Labute approximate surface area is 84.8 Å². The summed E-state index contributed by atoms with van der Waals surface area (Å²) in [5.74, 6) is 0.336. The van der Waals surface area contributed by atoms with Crippen molar-refractivity contribution in [2.24, 2.45) is 5.92 Å². The second kappa shape index (κ2) is 3.39. The van der Waals surface area contributed by atoms with Gasteiger partial charge in [-0.25, -0.2) is 4.98 Å². The van der Waals surface area contributed by atoms with Crippen LogP contribution in [0.2, 0.25) is 0 Å². The Hall–Kier alpha value is -0.830. The van der Waals surface area contributed by atoms with E-state index < -0.39 is 5.60 Å². The van der Waals surface area contributed by atoms with Crippen LogP contribution in [0.1, 0.15) is 38.8 Å². The van der Waals surface area contributed by atoms with Crippen LogP contribution < -0.4 is 0 Å². The molecule has 1 aliphatic rings. The van der Waals surface area contributed by atoms with Crippen LogP contribution in [-0.2, 0) is 12.1 Å². The minimum atomic E-state index is -0.666. The maximum atomic E-state index is 10.5. The van der Waals surface area contributed by atoms with Gasteiger partial charge in [0.2, 0.25) is 0 Å². The first-order valence-corrected chi connectivity index (χ1v) is 5.41. The molecule has 1 aromatic rings. The molecule has 0 radical (unpaired) electrons. The predicted octanol–water partition coefficient (Wildman–Crippen LogP) is 1.91. The van der Waals surface area contributed by atoms with Crippen LogP contribution >= 0.6 is 0 Å². The molecule has 0 saturated heterocycles. The van der Waals surface area contributed by atoms with E-state index in [1.807, 2.05) is 10.8 Å². The molecule has 1 fully saturated rings. The van der Waals surface area contributed by atoms with Crippen molar-refractivity contribution in [1.29, 1.82) is 0 Å². The van der Waals surface area contributed by atoms with Gasteiger partial charge < -0.3 is 9.67 Å². The summed E-state index contributed by atoms with van der Waals surface area (Å²) in [6, 6.07) is 0. The molecule has 2 rings (SSSR count). The fourth-order valence-corrected chi connectivity index (χ4v) is 2.30. The summed E-state index contributed by atoms with van der Waals surface area (Å²) in [6.07, 6.45) is 6.85. The highest BCUT2D eigenvalue weighted by molar-refractivity contribution is 5.13. The maximum Gasteiger partial charge on any atom is 0.111 e. The Morgan fingerprint density at radius 2 is 2.50 bits per heavy atom. The molecule has 3 nitrogen and oxygen atoms in total. The fourth-order valence-electron chi connectivity index (χ4n) is 2.30. The molecule has 1 aromatic heterocycles. The van der Waals surface area contributed by atoms with Gasteiger partial charge in [0, 0.05) is 12.7 Å². The van der Waals surface area contributed by atoms with Crippen molar-refractivity contribution >= 4 is 0 Å². The minimum absolute atomic E-state index is 0.336. The number of aromatic nitrogens is 2. The van der Waals surface area contributed by atoms with Crippen LogP contribution in [0.3, 0.4) is 0 Å². The van der Waals surface area contributed by atoms with Gasteiger partial charge >= 0.3 is 0 Å². The lowest BCUT2D eigenvalue weighted by Crippen LogP contribution is -2.28. The third-order valence-corrected chi connectivity index (χ3v) is 3.45. The summed E-state index contributed by atoms with van der Waals surface area (Å²) >= 11 is 0. The molecule has 0 spiro atoms. The van der Waals surface area contributed by atoms with Crippen LogP contribution in [0.4, 0.5) is 0 Å². The van der Waals surface area contributed by atoms with Gasteiger partial charge in [-0.15, -0.1) is 0 Å². The molecule has 1 saturated carbocycles. The molecule has 1 heterocycles. The lowest BCUT2D eigenvalue weighted by Gasteiger charge is -2.25. The molecule has 1 aliphatic carbocycles. The average molecular weight is 194 g/mol. The van der Waals surface area contributed by atoms with E-state index in [1.54, 1.807) is 6.33 Å². The Morgan fingerprint density at radius 3 is 3.00 bits per heavy atom. The monoisotopic (exact) mass is 194 g/mol. The van der Waals surface area contributed by atoms with Gasteiger partial charge in [0.15, 0.2) is 0 Å². The number of aliphatic hydroxyl groups is 1. The normalized spacial score (nSPS) is 32.4. The van der Waals surface area contributed by atoms with Crippen LogP contribution in [0.5, 0.6) is 0 Å². The Kier molecular flexibility index (Phi) is 2.35. The molecule has 0 amide bonds. The van der Waals surface area contributed by atoms with E-state index in [1.165, 1.54) is 0 Å². The molecule has 1 N–H and O–H groups in total. The summed E-state index contributed by atoms with van der Waals surface area (Å²) in [4.78, 5) is 4.30. The molecule has 2 atom stereocenters. The smallest absolute Gasteiger partial charge is 0.111 e. The Morgan fingerprint density at radius 1 is 1.71 bits per heavy atom. The number of rotatable bonds is 2. The van der Waals surface area contributed by atoms with Crippen LogP contribution in [-0.4, -0.2) is 14.7 Å². The van der Waals surface area contributed by atoms with Crippen molar-refractivity contribution in [3.63, 3.8) is 0 Å². The zero-order chi connectivity index (χ0) is 10.2. The molecular weight excluding hydrogens is 176 g/mol. The summed E-state index contributed by atoms with van der Waals surface area (Å²) in [5.41, 5.74) is 0.185. The molecule has 0 aliphatic heterocycles. The largest absolute Gasteiger partial charge is 0.383 e. The van der Waals surface area contributed by atoms with Gasteiger partial charge in [-0.2, -0.15) is 0 Å². The van der Waals surface area contributed by atoms with Crippen LogP contribution in [0.15, 0.2) is 12.5 Å². The van der Waals surface area contributed by atoms with E-state index in [-0.39, 0.29) is 0 Å². The van der Waals surface area contributed by atoms with E-state index in [9.17, 15) is 5.11 Å². The van der Waals surface area contributed by atoms with Gasteiger partial charge in [0.1, 0.15) is 5.60 Å². The van der Waals surface area contributed by atoms with E-state index in [4.69, 9.17) is 0 Å². The number of hydrogen-bond donors (Lipinski definition) is 1. The summed E-state index contributed by atoms with van der Waals surface area (Å²) in [7, 11) is 0. The highest BCUT2D eigenvalue weighted by atomic mass is 16.3. The zero-order valence-corrected chi connectivity index (χ0v) is 8.90. The third kappa shape index (κ3) is 1.36. The molecule has 14 heavy (non-hydrogen) atoms. The molecule has 2 unspecified atom stereocenters.